The number of rotatable bonds is 7. The van der Waals surface area contributed by atoms with E-state index < -0.39 is 15.9 Å². The van der Waals surface area contributed by atoms with E-state index in [-0.39, 0.29) is 12.3 Å². The second kappa shape index (κ2) is 8.14. The minimum Gasteiger partial charge on any atom is -0.497 e. The van der Waals surface area contributed by atoms with E-state index in [1.54, 1.807) is 48.5 Å². The molecule has 0 aliphatic carbocycles. The van der Waals surface area contributed by atoms with Gasteiger partial charge in [-0.2, -0.15) is 0 Å². The molecule has 0 atom stereocenters. The quantitative estimate of drug-likeness (QED) is 0.786. The number of halogens is 1. The molecule has 0 bridgehead atoms. The zero-order valence-corrected chi connectivity index (χ0v) is 14.5. The van der Waals surface area contributed by atoms with Gasteiger partial charge in [-0.1, -0.05) is 35.9 Å². The highest BCUT2D eigenvalue weighted by atomic mass is 35.5. The predicted octanol–water partition coefficient (Wildman–Crippen LogP) is 2.41. The second-order valence-electron chi connectivity index (χ2n) is 4.95. The molecule has 0 saturated heterocycles. The van der Waals surface area contributed by atoms with Crippen molar-refractivity contribution in [2.45, 2.75) is 5.75 Å². The van der Waals surface area contributed by atoms with E-state index in [1.807, 2.05) is 0 Å². The number of sulfonamides is 1. The van der Waals surface area contributed by atoms with Crippen molar-refractivity contribution in [3.63, 3.8) is 0 Å². The topological polar surface area (TPSA) is 84.5 Å². The summed E-state index contributed by atoms with van der Waals surface area (Å²) >= 11 is 5.95. The van der Waals surface area contributed by atoms with E-state index in [0.717, 1.165) is 0 Å². The summed E-state index contributed by atoms with van der Waals surface area (Å²) in [6.45, 7) is -0.371. The smallest absolute Gasteiger partial charge is 0.239 e. The third-order valence-corrected chi connectivity index (χ3v) is 4.75. The molecule has 2 aromatic rings. The van der Waals surface area contributed by atoms with Crippen LogP contribution in [-0.4, -0.2) is 28.0 Å². The first kappa shape index (κ1) is 18.3. The molecule has 0 fully saturated rings. The average molecular weight is 369 g/mol. The molecule has 1 amide bonds. The van der Waals surface area contributed by atoms with Gasteiger partial charge in [0.05, 0.1) is 19.4 Å². The molecule has 0 aliphatic rings. The van der Waals surface area contributed by atoms with Crippen molar-refractivity contribution in [3.05, 3.63) is 59.1 Å². The Balaban J connectivity index is 1.91. The second-order valence-corrected chi connectivity index (χ2v) is 7.17. The van der Waals surface area contributed by atoms with Crippen LogP contribution in [-0.2, 0) is 20.6 Å². The number of benzene rings is 2. The number of ether oxygens (including phenoxy) is 1. The number of methoxy groups -OCH3 is 1. The lowest BCUT2D eigenvalue weighted by atomic mass is 10.2. The highest BCUT2D eigenvalue weighted by Gasteiger charge is 2.15. The third kappa shape index (κ3) is 5.52. The van der Waals surface area contributed by atoms with Crippen molar-refractivity contribution in [3.8, 4) is 5.75 Å². The standard InChI is InChI=1S/C16H17ClN2O4S/c1-23-14-7-4-6-13(9-14)19-16(20)10-18-24(21,22)11-12-5-2-3-8-15(12)17/h2-9,18H,10-11H2,1H3,(H,19,20). The maximum absolute atomic E-state index is 12.0. The molecule has 8 heteroatoms. The third-order valence-electron chi connectivity index (χ3n) is 3.11. The van der Waals surface area contributed by atoms with Crippen molar-refractivity contribution in [1.29, 1.82) is 0 Å². The average Bonchev–Trinajstić information content (AvgIpc) is 2.55. The number of carbonyl (C=O) groups is 1. The molecular formula is C16H17ClN2O4S. The lowest BCUT2D eigenvalue weighted by Gasteiger charge is -2.09. The van der Waals surface area contributed by atoms with Gasteiger partial charge in [0.15, 0.2) is 0 Å². The zero-order valence-electron chi connectivity index (χ0n) is 13.0. The largest absolute Gasteiger partial charge is 0.497 e. The van der Waals surface area contributed by atoms with Gasteiger partial charge in [-0.05, 0) is 23.8 Å². The molecule has 0 aliphatic heterocycles. The summed E-state index contributed by atoms with van der Waals surface area (Å²) in [7, 11) is -2.16. The molecule has 0 spiro atoms. The van der Waals surface area contributed by atoms with E-state index in [9.17, 15) is 13.2 Å². The Bertz CT molecular complexity index is 824. The van der Waals surface area contributed by atoms with Crippen LogP contribution >= 0.6 is 11.6 Å². The van der Waals surface area contributed by atoms with E-state index >= 15 is 0 Å². The van der Waals surface area contributed by atoms with Gasteiger partial charge < -0.3 is 10.1 Å². The number of amides is 1. The van der Waals surface area contributed by atoms with Gasteiger partial charge >= 0.3 is 0 Å². The van der Waals surface area contributed by atoms with E-state index in [1.165, 1.54) is 7.11 Å². The minimum atomic E-state index is -3.68. The molecule has 128 valence electrons. The molecule has 0 unspecified atom stereocenters. The van der Waals surface area contributed by atoms with Gasteiger partial charge in [-0.25, -0.2) is 13.1 Å². The Morgan fingerprint density at radius 1 is 1.17 bits per heavy atom. The number of hydrogen-bond donors (Lipinski definition) is 2. The Labute approximate surface area is 145 Å². The molecule has 0 radical (unpaired) electrons. The van der Waals surface area contributed by atoms with Crippen LogP contribution in [0.1, 0.15) is 5.56 Å². The fourth-order valence-corrected chi connectivity index (χ4v) is 3.35. The maximum Gasteiger partial charge on any atom is 0.239 e. The number of nitrogens with one attached hydrogen (secondary N) is 2. The lowest BCUT2D eigenvalue weighted by Crippen LogP contribution is -2.33. The Kier molecular flexibility index (Phi) is 6.19. The van der Waals surface area contributed by atoms with Crippen LogP contribution in [0.3, 0.4) is 0 Å². The van der Waals surface area contributed by atoms with Crippen molar-refractivity contribution in [2.75, 3.05) is 19.0 Å². The monoisotopic (exact) mass is 368 g/mol. The lowest BCUT2D eigenvalue weighted by molar-refractivity contribution is -0.115. The van der Waals surface area contributed by atoms with Crippen LogP contribution in [0.2, 0.25) is 5.02 Å². The Hall–Kier alpha value is -2.09. The van der Waals surface area contributed by atoms with Gasteiger partial charge in [0, 0.05) is 16.8 Å². The molecule has 0 heterocycles. The van der Waals surface area contributed by atoms with Crippen LogP contribution in [0, 0.1) is 0 Å². The summed E-state index contributed by atoms with van der Waals surface area (Å²) in [6, 6.07) is 13.4. The molecule has 24 heavy (non-hydrogen) atoms. The summed E-state index contributed by atoms with van der Waals surface area (Å²) in [5.74, 6) is -0.183. The summed E-state index contributed by atoms with van der Waals surface area (Å²) in [6.07, 6.45) is 0. The van der Waals surface area contributed by atoms with Crippen molar-refractivity contribution < 1.29 is 17.9 Å². The van der Waals surface area contributed by atoms with Crippen LogP contribution in [0.25, 0.3) is 0 Å². The molecule has 2 rings (SSSR count). The number of hydrogen-bond acceptors (Lipinski definition) is 4. The minimum absolute atomic E-state index is 0.293. The van der Waals surface area contributed by atoms with E-state index in [4.69, 9.17) is 16.3 Å². The Morgan fingerprint density at radius 2 is 1.92 bits per heavy atom. The van der Waals surface area contributed by atoms with Crippen molar-refractivity contribution in [1.82, 2.24) is 4.72 Å². The van der Waals surface area contributed by atoms with Gasteiger partial charge in [-0.15, -0.1) is 0 Å². The summed E-state index contributed by atoms with van der Waals surface area (Å²) < 4.78 is 31.4. The summed E-state index contributed by atoms with van der Waals surface area (Å²) in [4.78, 5) is 11.9. The van der Waals surface area contributed by atoms with Crippen LogP contribution in [0.4, 0.5) is 5.69 Å². The van der Waals surface area contributed by atoms with Gasteiger partial charge in [-0.3, -0.25) is 4.79 Å². The van der Waals surface area contributed by atoms with Crippen molar-refractivity contribution >= 4 is 33.2 Å². The first-order valence-electron chi connectivity index (χ1n) is 7.04. The van der Waals surface area contributed by atoms with Crippen LogP contribution < -0.4 is 14.8 Å². The fraction of sp³-hybridized carbons (Fsp3) is 0.188. The molecule has 0 saturated carbocycles. The number of anilines is 1. The van der Waals surface area contributed by atoms with Crippen molar-refractivity contribution in [2.24, 2.45) is 0 Å². The maximum atomic E-state index is 12.0. The normalized spacial score (nSPS) is 11.1. The first-order valence-corrected chi connectivity index (χ1v) is 9.07. The van der Waals surface area contributed by atoms with Gasteiger partial charge in [0.25, 0.3) is 0 Å². The highest BCUT2D eigenvalue weighted by Crippen LogP contribution is 2.18. The molecule has 0 aromatic heterocycles. The fourth-order valence-electron chi connectivity index (χ4n) is 1.95. The molecular weight excluding hydrogens is 352 g/mol. The zero-order chi connectivity index (χ0) is 17.6. The molecule has 2 N–H and O–H groups in total. The molecule has 6 nitrogen and oxygen atoms in total. The van der Waals surface area contributed by atoms with E-state index in [0.29, 0.717) is 22.0 Å². The Morgan fingerprint density at radius 3 is 2.62 bits per heavy atom. The van der Waals surface area contributed by atoms with Crippen LogP contribution in [0.5, 0.6) is 5.75 Å². The summed E-state index contributed by atoms with van der Waals surface area (Å²) in [5.41, 5.74) is 0.990. The molecule has 2 aromatic carbocycles. The van der Waals surface area contributed by atoms with Gasteiger partial charge in [0.1, 0.15) is 5.75 Å². The SMILES string of the molecule is COc1cccc(NC(=O)CNS(=O)(=O)Cc2ccccc2Cl)c1. The summed E-state index contributed by atoms with van der Waals surface area (Å²) in [5, 5.41) is 2.96. The van der Waals surface area contributed by atoms with Gasteiger partial charge in [0.2, 0.25) is 15.9 Å². The first-order chi connectivity index (χ1) is 11.4. The number of carbonyl (C=O) groups excluding carboxylic acids is 1. The van der Waals surface area contributed by atoms with E-state index in [2.05, 4.69) is 10.0 Å². The predicted molar refractivity (Wildman–Crippen MR) is 93.7 cm³/mol. The highest BCUT2D eigenvalue weighted by molar-refractivity contribution is 7.88. The van der Waals surface area contributed by atoms with Crippen LogP contribution in [0.15, 0.2) is 48.5 Å².